The van der Waals surface area contributed by atoms with Crippen LogP contribution in [-0.4, -0.2) is 24.0 Å². The average molecular weight is 122 g/mol. The highest BCUT2D eigenvalue weighted by Crippen LogP contribution is 2.44. The first-order chi connectivity index (χ1) is 4.42. The highest BCUT2D eigenvalue weighted by Gasteiger charge is 2.45. The van der Waals surface area contributed by atoms with Crippen LogP contribution in [0.3, 0.4) is 0 Å². The fourth-order valence-corrected chi connectivity index (χ4v) is 2.88. The predicted molar refractivity (Wildman–Crippen MR) is 35.9 cm³/mol. The maximum atomic E-state index is 2.68. The molecule has 1 saturated carbocycles. The second-order valence-electron chi connectivity index (χ2n) is 3.79. The summed E-state index contributed by atoms with van der Waals surface area (Å²) in [5, 5.41) is 0. The highest BCUT2D eigenvalue weighted by molar-refractivity contribution is 5.08. The number of piperidine rings is 1. The average Bonchev–Trinajstić information content (AvgIpc) is 2.20. The van der Waals surface area contributed by atoms with E-state index in [9.17, 15) is 0 Å². The SMILES string of the molecule is [CH]1C2CC3CC1CN3C2. The van der Waals surface area contributed by atoms with Crippen molar-refractivity contribution >= 4 is 0 Å². The molecule has 3 heterocycles. The first kappa shape index (κ1) is 4.73. The lowest BCUT2D eigenvalue weighted by atomic mass is 9.83. The van der Waals surface area contributed by atoms with E-state index in [1.54, 1.807) is 0 Å². The lowest BCUT2D eigenvalue weighted by Crippen LogP contribution is -2.27. The van der Waals surface area contributed by atoms with Gasteiger partial charge in [-0.25, -0.2) is 0 Å². The minimum absolute atomic E-state index is 0.988. The summed E-state index contributed by atoms with van der Waals surface area (Å²) in [7, 11) is 0. The first-order valence-electron chi connectivity index (χ1n) is 4.01. The molecule has 1 nitrogen and oxygen atoms in total. The predicted octanol–water partition coefficient (Wildman–Crippen LogP) is 0.915. The highest BCUT2D eigenvalue weighted by atomic mass is 15.2. The van der Waals surface area contributed by atoms with Crippen molar-refractivity contribution in [1.29, 1.82) is 0 Å². The minimum atomic E-state index is 0.988. The molecule has 1 aliphatic carbocycles. The Balaban J connectivity index is 2.00. The first-order valence-corrected chi connectivity index (χ1v) is 4.01. The van der Waals surface area contributed by atoms with E-state index in [-0.39, 0.29) is 0 Å². The maximum absolute atomic E-state index is 2.68. The van der Waals surface area contributed by atoms with E-state index in [4.69, 9.17) is 0 Å². The molecular weight excluding hydrogens is 110 g/mol. The quantitative estimate of drug-likeness (QED) is 0.461. The summed E-state index contributed by atoms with van der Waals surface area (Å²) < 4.78 is 0. The van der Waals surface area contributed by atoms with Gasteiger partial charge in [0.25, 0.3) is 0 Å². The Morgan fingerprint density at radius 3 is 2.22 bits per heavy atom. The monoisotopic (exact) mass is 122 g/mol. The normalized spacial score (nSPS) is 61.3. The molecule has 0 spiro atoms. The van der Waals surface area contributed by atoms with Crippen molar-refractivity contribution < 1.29 is 0 Å². The second-order valence-corrected chi connectivity index (χ2v) is 3.79. The molecule has 2 unspecified atom stereocenters. The number of nitrogens with zero attached hydrogens (tertiary/aromatic N) is 1. The summed E-state index contributed by atoms with van der Waals surface area (Å²) >= 11 is 0. The van der Waals surface area contributed by atoms with Gasteiger partial charge in [-0.1, -0.05) is 0 Å². The molecule has 0 aromatic heterocycles. The van der Waals surface area contributed by atoms with Gasteiger partial charge in [-0.15, -0.1) is 0 Å². The molecule has 1 heteroatoms. The second kappa shape index (κ2) is 1.34. The fraction of sp³-hybridized carbons (Fsp3) is 0.875. The molecule has 4 fully saturated rings. The summed E-state index contributed by atoms with van der Waals surface area (Å²) in [4.78, 5) is 2.68. The molecule has 3 aliphatic heterocycles. The topological polar surface area (TPSA) is 3.24 Å². The summed E-state index contributed by atoms with van der Waals surface area (Å²) in [6.07, 6.45) is 5.56. The Kier molecular flexibility index (Phi) is 0.704. The van der Waals surface area contributed by atoms with Crippen LogP contribution >= 0.6 is 0 Å². The van der Waals surface area contributed by atoms with E-state index >= 15 is 0 Å². The standard InChI is InChI=1S/C8H12N/c1-6-2-8-3-7(1)5-9(8)4-6/h1,6-8H,2-5H2. The van der Waals surface area contributed by atoms with Crippen LogP contribution in [0.15, 0.2) is 0 Å². The van der Waals surface area contributed by atoms with Crippen LogP contribution in [0.4, 0.5) is 0 Å². The van der Waals surface area contributed by atoms with Crippen LogP contribution in [0.1, 0.15) is 12.8 Å². The van der Waals surface area contributed by atoms with Gasteiger partial charge < -0.3 is 0 Å². The van der Waals surface area contributed by atoms with E-state index in [1.807, 2.05) is 0 Å². The van der Waals surface area contributed by atoms with Gasteiger partial charge in [0.1, 0.15) is 0 Å². The summed E-state index contributed by atoms with van der Waals surface area (Å²) in [5.74, 6) is 1.98. The van der Waals surface area contributed by atoms with Crippen LogP contribution in [0.2, 0.25) is 0 Å². The van der Waals surface area contributed by atoms with Crippen LogP contribution in [0.25, 0.3) is 0 Å². The summed E-state index contributed by atoms with van der Waals surface area (Å²) in [5.41, 5.74) is 0. The van der Waals surface area contributed by atoms with Crippen molar-refractivity contribution in [2.45, 2.75) is 18.9 Å². The van der Waals surface area contributed by atoms with Gasteiger partial charge >= 0.3 is 0 Å². The number of hydrogen-bond acceptors (Lipinski definition) is 1. The number of rotatable bonds is 0. The van der Waals surface area contributed by atoms with E-state index in [0.29, 0.717) is 0 Å². The lowest BCUT2D eigenvalue weighted by Gasteiger charge is -2.23. The zero-order valence-corrected chi connectivity index (χ0v) is 5.59. The molecular formula is C8H12N. The molecule has 0 N–H and O–H groups in total. The fourth-order valence-electron chi connectivity index (χ4n) is 2.88. The zero-order chi connectivity index (χ0) is 5.84. The largest absolute Gasteiger partial charge is 0.300 e. The summed E-state index contributed by atoms with van der Waals surface area (Å²) in [6, 6.07) is 1.00. The molecule has 0 aromatic rings. The molecule has 4 rings (SSSR count). The van der Waals surface area contributed by atoms with Gasteiger partial charge in [0, 0.05) is 19.1 Å². The van der Waals surface area contributed by atoms with Crippen LogP contribution in [0.5, 0.6) is 0 Å². The Labute approximate surface area is 56.0 Å². The third-order valence-corrected chi connectivity index (χ3v) is 3.15. The van der Waals surface area contributed by atoms with Crippen molar-refractivity contribution in [3.8, 4) is 0 Å². The third-order valence-electron chi connectivity index (χ3n) is 3.15. The molecule has 49 valence electrons. The molecule has 0 aromatic carbocycles. The summed E-state index contributed by atoms with van der Waals surface area (Å²) in [6.45, 7) is 2.78. The molecule has 4 aliphatic rings. The molecule has 1 radical (unpaired) electrons. The lowest BCUT2D eigenvalue weighted by molar-refractivity contribution is 0.297. The van der Waals surface area contributed by atoms with E-state index in [0.717, 1.165) is 17.9 Å². The van der Waals surface area contributed by atoms with Crippen LogP contribution < -0.4 is 0 Å². The van der Waals surface area contributed by atoms with Crippen LogP contribution in [-0.2, 0) is 0 Å². The van der Waals surface area contributed by atoms with Gasteiger partial charge in [-0.05, 0) is 31.1 Å². The molecule has 4 bridgehead atoms. The van der Waals surface area contributed by atoms with Crippen molar-refractivity contribution in [2.75, 3.05) is 13.1 Å². The molecule has 0 amide bonds. The van der Waals surface area contributed by atoms with Gasteiger partial charge in [-0.2, -0.15) is 0 Å². The zero-order valence-electron chi connectivity index (χ0n) is 5.59. The van der Waals surface area contributed by atoms with Gasteiger partial charge in [0.05, 0.1) is 0 Å². The number of hydrogen-bond donors (Lipinski definition) is 0. The van der Waals surface area contributed by atoms with Crippen molar-refractivity contribution in [3.05, 3.63) is 6.42 Å². The van der Waals surface area contributed by atoms with Crippen molar-refractivity contribution in [2.24, 2.45) is 11.8 Å². The third kappa shape index (κ3) is 0.493. The van der Waals surface area contributed by atoms with E-state index in [1.165, 1.54) is 25.9 Å². The smallest absolute Gasteiger partial charge is 0.0102 e. The molecule has 2 atom stereocenters. The Morgan fingerprint density at radius 2 is 1.78 bits per heavy atom. The van der Waals surface area contributed by atoms with E-state index < -0.39 is 0 Å². The van der Waals surface area contributed by atoms with Crippen molar-refractivity contribution in [3.63, 3.8) is 0 Å². The van der Waals surface area contributed by atoms with Crippen molar-refractivity contribution in [1.82, 2.24) is 4.90 Å². The van der Waals surface area contributed by atoms with Gasteiger partial charge in [-0.3, -0.25) is 4.90 Å². The molecule has 3 saturated heterocycles. The maximum Gasteiger partial charge on any atom is 0.0102 e. The molecule has 9 heavy (non-hydrogen) atoms. The van der Waals surface area contributed by atoms with E-state index in [2.05, 4.69) is 11.3 Å². The minimum Gasteiger partial charge on any atom is -0.300 e. The van der Waals surface area contributed by atoms with Gasteiger partial charge in [0.2, 0.25) is 0 Å². The van der Waals surface area contributed by atoms with Gasteiger partial charge in [0.15, 0.2) is 0 Å². The Hall–Kier alpha value is -0.0400. The Morgan fingerprint density at radius 1 is 1.11 bits per heavy atom. The van der Waals surface area contributed by atoms with Crippen LogP contribution in [0, 0.1) is 18.3 Å². The Bertz CT molecular complexity index is 110.